The Morgan fingerprint density at radius 1 is 1.25 bits per heavy atom. The predicted octanol–water partition coefficient (Wildman–Crippen LogP) is -1.27. The maximum absolute atomic E-state index is 8.00. The molecule has 0 fully saturated rings. The Hall–Kier alpha value is 1.08. The van der Waals surface area contributed by atoms with Gasteiger partial charge in [0.2, 0.25) is 0 Å². The molecule has 0 aliphatic heterocycles. The standard InChI is InChI=1S/BHO.Ca.O/c1-2;;/h1H;;/q;+2;-2. The molecule has 0 atom stereocenters. The smallest absolute Gasteiger partial charge is 2.00 e. The molecule has 0 spiro atoms. The van der Waals surface area contributed by atoms with E-state index in [9.17, 15) is 0 Å². The van der Waals surface area contributed by atoms with E-state index in [0.29, 0.717) is 0 Å². The van der Waals surface area contributed by atoms with E-state index in [0.717, 1.165) is 0 Å². The van der Waals surface area contributed by atoms with Crippen LogP contribution in [0.4, 0.5) is 0 Å². The van der Waals surface area contributed by atoms with Crippen molar-refractivity contribution in [1.82, 2.24) is 0 Å². The molecule has 0 saturated carbocycles. The molecule has 0 heterocycles. The van der Waals surface area contributed by atoms with Crippen molar-refractivity contribution in [3.63, 3.8) is 0 Å². The molecule has 0 aromatic rings. The van der Waals surface area contributed by atoms with Crippen molar-refractivity contribution < 1.29 is 10.2 Å². The summed E-state index contributed by atoms with van der Waals surface area (Å²) in [6, 6.07) is 0. The Morgan fingerprint density at radius 2 is 1.25 bits per heavy atom. The van der Waals surface area contributed by atoms with Crippen LogP contribution in [0.5, 0.6) is 0 Å². The minimum absolute atomic E-state index is 0. The Labute approximate surface area is 55.3 Å². The maximum atomic E-state index is 8.00. The molecule has 0 N–H and O–H groups in total. The van der Waals surface area contributed by atoms with E-state index < -0.39 is 0 Å². The summed E-state index contributed by atoms with van der Waals surface area (Å²) in [4.78, 5) is 0. The first-order valence-corrected chi connectivity index (χ1v) is 0.289. The molecule has 0 aliphatic rings. The van der Waals surface area contributed by atoms with Gasteiger partial charge in [0.15, 0.2) is 0 Å². The zero-order chi connectivity index (χ0) is 2.00. The monoisotopic (exact) mass is 84.0 g/mol. The Morgan fingerprint density at radius 3 is 1.25 bits per heavy atom. The quantitative estimate of drug-likeness (QED) is 0.337. The molecule has 0 aromatic carbocycles. The van der Waals surface area contributed by atoms with Crippen molar-refractivity contribution in [2.75, 3.05) is 0 Å². The average Bonchev–Trinajstić information content (AvgIpc) is 1.00. The topological polar surface area (TPSA) is 45.6 Å². The van der Waals surface area contributed by atoms with Gasteiger partial charge < -0.3 is 5.48 Å². The number of hydrogen-bond acceptors (Lipinski definition) is 1. The summed E-state index contributed by atoms with van der Waals surface area (Å²) in [7, 11) is 2.00. The molecular weight excluding hydrogens is 82.9 g/mol. The van der Waals surface area contributed by atoms with Crippen LogP contribution >= 0.6 is 0 Å². The van der Waals surface area contributed by atoms with Gasteiger partial charge in [-0.15, -0.1) is 0 Å². The molecule has 18 valence electrons. The van der Waals surface area contributed by atoms with Crippen LogP contribution in [0.2, 0.25) is 0 Å². The summed E-state index contributed by atoms with van der Waals surface area (Å²) < 4.78 is 8.00. The second kappa shape index (κ2) is 33.0. The first-order chi connectivity index (χ1) is 1.00. The van der Waals surface area contributed by atoms with Gasteiger partial charge in [-0.25, -0.2) is 0 Å². The molecule has 0 aliphatic carbocycles. The van der Waals surface area contributed by atoms with E-state index in [1.165, 1.54) is 0 Å². The number of hydrogen-bond donors (Lipinski definition) is 0. The van der Waals surface area contributed by atoms with Gasteiger partial charge in [-0.1, -0.05) is 0 Å². The summed E-state index contributed by atoms with van der Waals surface area (Å²) in [5, 5.41) is 0. The van der Waals surface area contributed by atoms with Crippen LogP contribution in [0.25, 0.3) is 0 Å². The van der Waals surface area contributed by atoms with Crippen molar-refractivity contribution in [1.29, 1.82) is 0 Å². The van der Waals surface area contributed by atoms with Gasteiger partial charge in [0.05, 0.1) is 0 Å². The van der Waals surface area contributed by atoms with Crippen LogP contribution in [0, 0.1) is 0 Å². The van der Waals surface area contributed by atoms with Crippen molar-refractivity contribution in [3.8, 4) is 0 Å². The molecule has 0 aromatic heterocycles. The van der Waals surface area contributed by atoms with Crippen molar-refractivity contribution in [2.45, 2.75) is 0 Å². The van der Waals surface area contributed by atoms with Gasteiger partial charge in [-0.3, -0.25) is 0 Å². The van der Waals surface area contributed by atoms with Gasteiger partial charge in [-0.2, -0.15) is 0 Å². The zero-order valence-electron chi connectivity index (χ0n) is 2.23. The molecule has 4 heteroatoms. The van der Waals surface area contributed by atoms with Crippen LogP contribution in [0.1, 0.15) is 0 Å². The fourth-order valence-electron chi connectivity index (χ4n) is 0. The van der Waals surface area contributed by atoms with Crippen molar-refractivity contribution >= 4 is 45.5 Å². The maximum Gasteiger partial charge on any atom is 2.00 e. The third kappa shape index (κ3) is 11.4. The summed E-state index contributed by atoms with van der Waals surface area (Å²) in [5.41, 5.74) is 0. The Balaban J connectivity index is -0.00000000500. The fraction of sp³-hybridized carbons (Fsp3) is 0. The minimum Gasteiger partial charge on any atom is -2.00 e. The SMILES string of the molecule is B=O.[Ca+2].[O-2]. The second-order valence-electron chi connectivity index (χ2n) is 0. The normalized spacial score (nSPS) is 0.750. The minimum atomic E-state index is 0. The van der Waals surface area contributed by atoms with Crippen molar-refractivity contribution in [2.24, 2.45) is 0 Å². The van der Waals surface area contributed by atoms with E-state index in [4.69, 9.17) is 4.70 Å². The molecular formula is HBCaO2. The van der Waals surface area contributed by atoms with Gasteiger partial charge in [0, 0.05) is 0 Å². The van der Waals surface area contributed by atoms with Crippen molar-refractivity contribution in [3.05, 3.63) is 0 Å². The molecule has 0 rings (SSSR count). The molecule has 0 radical (unpaired) electrons. The number of rotatable bonds is 0. The summed E-state index contributed by atoms with van der Waals surface area (Å²) in [5.74, 6) is 0. The van der Waals surface area contributed by atoms with Crippen LogP contribution in [-0.2, 0) is 10.2 Å². The molecule has 0 unspecified atom stereocenters. The first kappa shape index (κ1) is 19.5. The zero-order valence-corrected chi connectivity index (χ0v) is 4.44. The largest absolute Gasteiger partial charge is 2.00 e. The Kier molecular flexibility index (Phi) is 161. The predicted molar refractivity (Wildman–Crippen MR) is 14.3 cm³/mol. The molecule has 0 bridgehead atoms. The van der Waals surface area contributed by atoms with E-state index in [-0.39, 0.29) is 43.2 Å². The summed E-state index contributed by atoms with van der Waals surface area (Å²) >= 11 is 0. The van der Waals surface area contributed by atoms with E-state index in [2.05, 4.69) is 0 Å². The van der Waals surface area contributed by atoms with Crippen LogP contribution < -0.4 is 0 Å². The summed E-state index contributed by atoms with van der Waals surface area (Å²) in [6.45, 7) is 0. The van der Waals surface area contributed by atoms with E-state index in [1.54, 1.807) is 0 Å². The average molecular weight is 83.9 g/mol. The molecule has 2 nitrogen and oxygen atoms in total. The third-order valence-corrected chi connectivity index (χ3v) is 0. The van der Waals surface area contributed by atoms with Crippen LogP contribution in [0.15, 0.2) is 0 Å². The van der Waals surface area contributed by atoms with Gasteiger partial charge in [0.25, 0.3) is 0 Å². The van der Waals surface area contributed by atoms with E-state index >= 15 is 0 Å². The first-order valence-electron chi connectivity index (χ1n) is 0.289. The van der Waals surface area contributed by atoms with E-state index in [1.807, 2.05) is 7.72 Å². The van der Waals surface area contributed by atoms with Gasteiger partial charge in [-0.05, 0) is 0 Å². The Bertz CT molecular complexity index is 6.00. The molecule has 0 saturated heterocycles. The second-order valence-corrected chi connectivity index (χ2v) is 0. The fourth-order valence-corrected chi connectivity index (χ4v) is 0. The van der Waals surface area contributed by atoms with Crippen LogP contribution in [0.3, 0.4) is 0 Å². The van der Waals surface area contributed by atoms with Gasteiger partial charge in [0.1, 0.15) is 0 Å². The van der Waals surface area contributed by atoms with Gasteiger partial charge >= 0.3 is 50.2 Å². The molecule has 4 heavy (non-hydrogen) atoms. The van der Waals surface area contributed by atoms with Crippen LogP contribution in [-0.4, -0.2) is 45.5 Å². The third-order valence-electron chi connectivity index (χ3n) is 0. The summed E-state index contributed by atoms with van der Waals surface area (Å²) in [6.07, 6.45) is 0. The molecule has 0 amide bonds.